The molecule has 284 valence electrons. The monoisotopic (exact) mass is 731 g/mol. The molecule has 8 rings (SSSR count). The largest absolute Gasteiger partial charge is 0.492 e. The zero-order chi connectivity index (χ0) is 37.5. The van der Waals surface area contributed by atoms with Crippen LogP contribution in [-0.2, 0) is 16.6 Å². The molecule has 2 aromatic heterocycles. The maximum absolute atomic E-state index is 13.3. The van der Waals surface area contributed by atoms with Gasteiger partial charge in [-0.25, -0.2) is 0 Å². The van der Waals surface area contributed by atoms with E-state index < -0.39 is 6.04 Å². The second-order valence-electron chi connectivity index (χ2n) is 16.1. The van der Waals surface area contributed by atoms with Gasteiger partial charge in [0.05, 0.1) is 34.9 Å². The maximum atomic E-state index is 13.3. The Kier molecular flexibility index (Phi) is 10.4. The predicted octanol–water partition coefficient (Wildman–Crippen LogP) is 6.91. The van der Waals surface area contributed by atoms with E-state index in [0.29, 0.717) is 59.6 Å². The summed E-state index contributed by atoms with van der Waals surface area (Å²) >= 11 is 0. The Balaban J connectivity index is 0.739. The van der Waals surface area contributed by atoms with Gasteiger partial charge in [-0.1, -0.05) is 24.3 Å². The average molecular weight is 732 g/mol. The van der Waals surface area contributed by atoms with Crippen LogP contribution in [0.15, 0.2) is 67.0 Å². The minimum Gasteiger partial charge on any atom is -0.492 e. The first-order valence-electron chi connectivity index (χ1n) is 19.9. The van der Waals surface area contributed by atoms with Crippen LogP contribution in [0.25, 0.3) is 21.8 Å². The fourth-order valence-corrected chi connectivity index (χ4v) is 9.25. The molecule has 5 heterocycles. The Hall–Kier alpha value is -4.38. The molecule has 0 N–H and O–H groups in total. The van der Waals surface area contributed by atoms with Gasteiger partial charge < -0.3 is 23.7 Å². The third kappa shape index (κ3) is 7.23. The third-order valence-electron chi connectivity index (χ3n) is 12.6. The Morgan fingerprint density at radius 2 is 1.65 bits per heavy atom. The topological polar surface area (TPSA) is 97.2 Å². The van der Waals surface area contributed by atoms with Gasteiger partial charge in [0.25, 0.3) is 11.8 Å². The Bertz CT molecular complexity index is 2070. The van der Waals surface area contributed by atoms with Crippen LogP contribution in [-0.4, -0.2) is 105 Å². The van der Waals surface area contributed by atoms with Crippen LogP contribution >= 0.6 is 0 Å². The summed E-state index contributed by atoms with van der Waals surface area (Å²) in [5.41, 5.74) is 5.41. The number of ether oxygens (including phenoxy) is 2. The lowest BCUT2D eigenvalue weighted by Gasteiger charge is -2.47. The van der Waals surface area contributed by atoms with Gasteiger partial charge in [0, 0.05) is 67.8 Å². The van der Waals surface area contributed by atoms with Gasteiger partial charge in [-0.15, -0.1) is 0 Å². The number of amides is 2. The number of hydrogen-bond donors (Lipinski definition) is 0. The van der Waals surface area contributed by atoms with Crippen LogP contribution in [0.2, 0.25) is 0 Å². The molecule has 1 saturated carbocycles. The van der Waals surface area contributed by atoms with Gasteiger partial charge in [-0.2, -0.15) is 0 Å². The summed E-state index contributed by atoms with van der Waals surface area (Å²) < 4.78 is 15.0. The van der Waals surface area contributed by atoms with E-state index in [0.717, 1.165) is 58.4 Å². The number of fused-ring (bicyclic) bond motifs is 4. The molecule has 3 aliphatic heterocycles. The van der Waals surface area contributed by atoms with Crippen LogP contribution in [0.3, 0.4) is 0 Å². The molecule has 1 aliphatic carbocycles. The number of carbonyl (C=O) groups excluding carboxylic acids is 3. The van der Waals surface area contributed by atoms with E-state index in [1.807, 2.05) is 12.4 Å². The lowest BCUT2D eigenvalue weighted by atomic mass is 9.83. The third-order valence-corrected chi connectivity index (χ3v) is 12.6. The van der Waals surface area contributed by atoms with Gasteiger partial charge in [0.2, 0.25) is 0 Å². The summed E-state index contributed by atoms with van der Waals surface area (Å²) in [6.07, 6.45) is 12.0. The smallest absolute Gasteiger partial charge is 0.262 e. The number of piperidine rings is 2. The maximum Gasteiger partial charge on any atom is 0.262 e. The molecule has 10 nitrogen and oxygen atoms in total. The van der Waals surface area contributed by atoms with Crippen molar-refractivity contribution in [3.05, 3.63) is 83.7 Å². The number of rotatable bonds is 13. The highest BCUT2D eigenvalue weighted by Gasteiger charge is 2.41. The minimum absolute atomic E-state index is 0.0187. The van der Waals surface area contributed by atoms with Gasteiger partial charge in [-0.05, 0) is 114 Å². The van der Waals surface area contributed by atoms with Gasteiger partial charge in [0.15, 0.2) is 0 Å². The van der Waals surface area contributed by atoms with Crippen LogP contribution in [0, 0.1) is 0 Å². The first-order valence-corrected chi connectivity index (χ1v) is 19.9. The number of ketones is 1. The summed E-state index contributed by atoms with van der Waals surface area (Å²) in [5.74, 6) is 0.514. The van der Waals surface area contributed by atoms with Crippen molar-refractivity contribution in [3.63, 3.8) is 0 Å². The lowest BCUT2D eigenvalue weighted by Crippen LogP contribution is -2.52. The number of hydrogen-bond acceptors (Lipinski definition) is 8. The fraction of sp³-hybridized carbons (Fsp3) is 0.500. The van der Waals surface area contributed by atoms with Crippen LogP contribution in [0.4, 0.5) is 0 Å². The molecule has 0 spiro atoms. The number of pyridine rings is 1. The van der Waals surface area contributed by atoms with Crippen molar-refractivity contribution in [2.24, 2.45) is 7.05 Å². The Labute approximate surface area is 318 Å². The summed E-state index contributed by atoms with van der Waals surface area (Å²) in [6, 6.07) is 14.4. The summed E-state index contributed by atoms with van der Waals surface area (Å²) in [5, 5.41) is 2.52. The standard InChI is InChI=1S/C44H53N5O5/c1-28(2)40(10-5-29(3)50)49-43(51)37-9-7-34(26-38(37)44(49)52)53-22-21-47-17-14-33(15-18-47)54-35-24-32(25-35)48-19-12-30(13-20-48)31-6-8-36-39-27-45-16-11-41(39)46(4)42(36)23-31/h6-9,11,16,23,26-27,30,32-33,35,40H,1,5,10,12-15,17-22,24-25H2,2-4H3. The number of benzene rings is 2. The molecule has 10 heteroatoms. The molecule has 0 bridgehead atoms. The van der Waals surface area contributed by atoms with Crippen molar-refractivity contribution in [2.45, 2.75) is 95.4 Å². The van der Waals surface area contributed by atoms with Crippen LogP contribution in [0.1, 0.15) is 97.4 Å². The predicted molar refractivity (Wildman–Crippen MR) is 210 cm³/mol. The molecule has 0 radical (unpaired) electrons. The van der Waals surface area contributed by atoms with Crippen molar-refractivity contribution >= 4 is 39.4 Å². The lowest BCUT2D eigenvalue weighted by molar-refractivity contribution is -0.117. The van der Waals surface area contributed by atoms with E-state index in [1.165, 1.54) is 52.0 Å². The van der Waals surface area contributed by atoms with E-state index in [2.05, 4.69) is 57.2 Å². The molecule has 54 heavy (non-hydrogen) atoms. The Morgan fingerprint density at radius 1 is 0.889 bits per heavy atom. The van der Waals surface area contributed by atoms with Crippen LogP contribution in [0.5, 0.6) is 5.75 Å². The van der Waals surface area contributed by atoms with E-state index in [1.54, 1.807) is 25.1 Å². The molecular weight excluding hydrogens is 679 g/mol. The minimum atomic E-state index is -0.506. The van der Waals surface area contributed by atoms with Crippen molar-refractivity contribution in [1.82, 2.24) is 24.3 Å². The molecule has 1 atom stereocenters. The summed E-state index contributed by atoms with van der Waals surface area (Å²) in [4.78, 5) is 48.8. The number of nitrogens with zero attached hydrogens (tertiary/aromatic N) is 5. The normalized spacial score (nSPS) is 22.2. The molecule has 2 saturated heterocycles. The average Bonchev–Trinajstić information content (AvgIpc) is 3.58. The Morgan fingerprint density at radius 3 is 2.39 bits per heavy atom. The number of imide groups is 1. The van der Waals surface area contributed by atoms with E-state index in [4.69, 9.17) is 9.47 Å². The quantitative estimate of drug-likeness (QED) is 0.108. The first-order chi connectivity index (χ1) is 26.1. The van der Waals surface area contributed by atoms with Gasteiger partial charge in [0.1, 0.15) is 18.1 Å². The fourth-order valence-electron chi connectivity index (χ4n) is 9.25. The van der Waals surface area contributed by atoms with Gasteiger partial charge >= 0.3 is 0 Å². The molecular formula is C44H53N5O5. The molecule has 1 unspecified atom stereocenters. The summed E-state index contributed by atoms with van der Waals surface area (Å²) in [7, 11) is 2.16. The number of aromatic nitrogens is 2. The molecule has 4 aliphatic rings. The van der Waals surface area contributed by atoms with Crippen molar-refractivity contribution < 1.29 is 23.9 Å². The highest BCUT2D eigenvalue weighted by atomic mass is 16.5. The second kappa shape index (κ2) is 15.4. The van der Waals surface area contributed by atoms with E-state index in [-0.39, 0.29) is 24.0 Å². The van der Waals surface area contributed by atoms with E-state index in [9.17, 15) is 14.4 Å². The zero-order valence-corrected chi connectivity index (χ0v) is 32.0. The SMILES string of the molecule is C=C(C)C(CCC(C)=O)N1C(=O)c2ccc(OCCN3CCC(OC4CC(N5CCC(c6ccc7c8cnccc8n(C)c7c6)CC5)C4)CC3)cc2C1=O. The van der Waals surface area contributed by atoms with Crippen molar-refractivity contribution in [1.29, 1.82) is 0 Å². The van der Waals surface area contributed by atoms with Crippen molar-refractivity contribution in [2.75, 3.05) is 39.3 Å². The van der Waals surface area contributed by atoms with E-state index >= 15 is 0 Å². The molecule has 2 aromatic carbocycles. The number of aryl methyl sites for hydroxylation is 1. The number of Topliss-reactive ketones (excluding diaryl/α,β-unsaturated/α-hetero) is 1. The van der Waals surface area contributed by atoms with Crippen molar-refractivity contribution in [3.8, 4) is 5.75 Å². The highest BCUT2D eigenvalue weighted by molar-refractivity contribution is 6.22. The van der Waals surface area contributed by atoms with Crippen LogP contribution < -0.4 is 4.74 Å². The van der Waals surface area contributed by atoms with Gasteiger partial charge in [-0.3, -0.25) is 24.4 Å². The number of carbonyl (C=O) groups is 3. The summed E-state index contributed by atoms with van der Waals surface area (Å²) in [6.45, 7) is 12.9. The first kappa shape index (κ1) is 36.6. The molecule has 3 fully saturated rings. The second-order valence-corrected chi connectivity index (χ2v) is 16.1. The molecule has 2 amide bonds. The number of likely N-dealkylation sites (tertiary alicyclic amines) is 2. The zero-order valence-electron chi connectivity index (χ0n) is 32.0. The highest BCUT2D eigenvalue weighted by Crippen LogP contribution is 2.38. The molecule has 4 aromatic rings.